The molecule has 1 aliphatic heterocycles. The highest BCUT2D eigenvalue weighted by Gasteiger charge is 2.31. The second kappa shape index (κ2) is 4.66. The normalized spacial score (nSPS) is 20.4. The first kappa shape index (κ1) is 13.2. The van der Waals surface area contributed by atoms with Crippen molar-refractivity contribution in [2.45, 2.75) is 25.1 Å². The zero-order chi connectivity index (χ0) is 14.3. The minimum Gasteiger partial charge on any atom is -0.315 e. The molecule has 7 heteroatoms. The predicted molar refractivity (Wildman–Crippen MR) is 68.7 cm³/mol. The number of nitrogens with one attached hydrogen (secondary N) is 2. The van der Waals surface area contributed by atoms with Crippen LogP contribution in [0.15, 0.2) is 23.0 Å². The molecule has 1 unspecified atom stereocenters. The molecule has 2 N–H and O–H groups in total. The zero-order valence-corrected chi connectivity index (χ0v) is 10.6. The topological polar surface area (TPSA) is 49.8 Å². The number of alkyl halides is 3. The van der Waals surface area contributed by atoms with Gasteiger partial charge >= 0.3 is 11.9 Å². The van der Waals surface area contributed by atoms with Crippen molar-refractivity contribution in [1.29, 1.82) is 0 Å². The van der Waals surface area contributed by atoms with E-state index in [4.69, 9.17) is 0 Å². The Bertz CT molecular complexity index is 680. The molecule has 0 spiro atoms. The van der Waals surface area contributed by atoms with E-state index in [2.05, 4.69) is 10.3 Å². The van der Waals surface area contributed by atoms with Crippen LogP contribution in [0.25, 0.3) is 11.0 Å². The number of H-pyrrole nitrogens is 1. The van der Waals surface area contributed by atoms with Crippen molar-refractivity contribution in [2.75, 3.05) is 13.1 Å². The smallest absolute Gasteiger partial charge is 0.315 e. The summed E-state index contributed by atoms with van der Waals surface area (Å²) in [5.74, 6) is 0. The summed E-state index contributed by atoms with van der Waals surface area (Å²) in [7, 11) is 0. The molecule has 2 heterocycles. The monoisotopic (exact) mass is 285 g/mol. The number of imidazole rings is 1. The number of aromatic amines is 1. The highest BCUT2D eigenvalue weighted by molar-refractivity contribution is 5.76. The summed E-state index contributed by atoms with van der Waals surface area (Å²) < 4.78 is 39.6. The van der Waals surface area contributed by atoms with Gasteiger partial charge in [0.2, 0.25) is 0 Å². The van der Waals surface area contributed by atoms with Crippen LogP contribution >= 0.6 is 0 Å². The minimum absolute atomic E-state index is 0.0123. The maximum Gasteiger partial charge on any atom is 0.416 e. The van der Waals surface area contributed by atoms with Gasteiger partial charge in [-0.15, -0.1) is 0 Å². The first-order chi connectivity index (χ1) is 9.47. The van der Waals surface area contributed by atoms with E-state index in [-0.39, 0.29) is 17.2 Å². The average Bonchev–Trinajstić information content (AvgIpc) is 2.73. The van der Waals surface area contributed by atoms with Crippen molar-refractivity contribution in [3.8, 4) is 0 Å². The highest BCUT2D eigenvalue weighted by Crippen LogP contribution is 2.31. The number of piperidine rings is 1. The Kier molecular flexibility index (Phi) is 3.08. The number of hydrogen-bond acceptors (Lipinski definition) is 2. The van der Waals surface area contributed by atoms with E-state index >= 15 is 0 Å². The summed E-state index contributed by atoms with van der Waals surface area (Å²) in [6.45, 7) is 1.57. The fourth-order valence-electron chi connectivity index (χ4n) is 2.72. The number of hydrogen-bond donors (Lipinski definition) is 2. The van der Waals surface area contributed by atoms with E-state index < -0.39 is 11.7 Å². The Hall–Kier alpha value is -1.76. The Morgan fingerprint density at radius 3 is 2.75 bits per heavy atom. The number of halogens is 3. The summed E-state index contributed by atoms with van der Waals surface area (Å²) in [4.78, 5) is 14.5. The fraction of sp³-hybridized carbons (Fsp3) is 0.462. The molecule has 0 radical (unpaired) electrons. The Morgan fingerprint density at radius 2 is 2.10 bits per heavy atom. The quantitative estimate of drug-likeness (QED) is 0.844. The molecule has 1 aliphatic rings. The second-order valence-corrected chi connectivity index (χ2v) is 5.03. The molecule has 1 fully saturated rings. The third-order valence-electron chi connectivity index (χ3n) is 3.68. The van der Waals surface area contributed by atoms with Crippen molar-refractivity contribution >= 4 is 11.0 Å². The van der Waals surface area contributed by atoms with Crippen LogP contribution in [0.4, 0.5) is 13.2 Å². The summed E-state index contributed by atoms with van der Waals surface area (Å²) in [6, 6.07) is 3.36. The molecule has 108 valence electrons. The molecule has 1 atom stereocenters. The lowest BCUT2D eigenvalue weighted by Gasteiger charge is -2.24. The van der Waals surface area contributed by atoms with Gasteiger partial charge < -0.3 is 10.3 Å². The lowest BCUT2D eigenvalue weighted by atomic mass is 10.1. The standard InChI is InChI=1S/C13H14F3N3O/c14-13(15,16)8-3-4-11-10(6-8)18-12(20)19(11)9-2-1-5-17-7-9/h3-4,6,9,17H,1-2,5,7H2,(H,18,20). The Labute approximate surface area is 112 Å². The molecule has 1 aromatic heterocycles. The van der Waals surface area contributed by atoms with Crippen molar-refractivity contribution < 1.29 is 13.2 Å². The number of rotatable bonds is 1. The van der Waals surface area contributed by atoms with Gasteiger partial charge in [-0.2, -0.15) is 13.2 Å². The summed E-state index contributed by atoms with van der Waals surface area (Å²) in [5.41, 5.74) is -0.347. The van der Waals surface area contributed by atoms with Crippen molar-refractivity contribution in [1.82, 2.24) is 14.9 Å². The maximum absolute atomic E-state index is 12.7. The van der Waals surface area contributed by atoms with Gasteiger partial charge in [0.05, 0.1) is 22.6 Å². The van der Waals surface area contributed by atoms with Gasteiger partial charge in [-0.25, -0.2) is 4.79 Å². The summed E-state index contributed by atoms with van der Waals surface area (Å²) in [6.07, 6.45) is -2.61. The number of benzene rings is 1. The van der Waals surface area contributed by atoms with Crippen LogP contribution in [0.5, 0.6) is 0 Å². The summed E-state index contributed by atoms with van der Waals surface area (Å²) in [5, 5.41) is 3.20. The highest BCUT2D eigenvalue weighted by atomic mass is 19.4. The van der Waals surface area contributed by atoms with Gasteiger partial charge in [0.15, 0.2) is 0 Å². The lowest BCUT2D eigenvalue weighted by molar-refractivity contribution is -0.137. The molecule has 0 aliphatic carbocycles. The van der Waals surface area contributed by atoms with Crippen molar-refractivity contribution in [2.24, 2.45) is 0 Å². The van der Waals surface area contributed by atoms with Crippen LogP contribution in [-0.4, -0.2) is 22.6 Å². The van der Waals surface area contributed by atoms with E-state index in [0.717, 1.165) is 31.5 Å². The third kappa shape index (κ3) is 2.22. The maximum atomic E-state index is 12.7. The number of aromatic nitrogens is 2. The molecule has 20 heavy (non-hydrogen) atoms. The van der Waals surface area contributed by atoms with Gasteiger partial charge in [0.1, 0.15) is 0 Å². The Balaban J connectivity index is 2.10. The van der Waals surface area contributed by atoms with Crippen LogP contribution in [0.3, 0.4) is 0 Å². The van der Waals surface area contributed by atoms with E-state index in [1.54, 1.807) is 4.57 Å². The van der Waals surface area contributed by atoms with Crippen LogP contribution < -0.4 is 11.0 Å². The SMILES string of the molecule is O=c1[nH]c2cc(C(F)(F)F)ccc2n1C1CCCNC1. The predicted octanol–water partition coefficient (Wildman–Crippen LogP) is 2.27. The molecular weight excluding hydrogens is 271 g/mol. The third-order valence-corrected chi connectivity index (χ3v) is 3.68. The van der Waals surface area contributed by atoms with Crippen LogP contribution in [0.1, 0.15) is 24.4 Å². The molecule has 0 saturated carbocycles. The molecule has 0 bridgehead atoms. The van der Waals surface area contributed by atoms with E-state index in [9.17, 15) is 18.0 Å². The van der Waals surface area contributed by atoms with Crippen molar-refractivity contribution in [3.05, 3.63) is 34.2 Å². The van der Waals surface area contributed by atoms with Gasteiger partial charge in [0.25, 0.3) is 0 Å². The lowest BCUT2D eigenvalue weighted by Crippen LogP contribution is -2.35. The van der Waals surface area contributed by atoms with Crippen molar-refractivity contribution in [3.63, 3.8) is 0 Å². The number of nitrogens with zero attached hydrogens (tertiary/aromatic N) is 1. The van der Waals surface area contributed by atoms with Crippen LogP contribution in [0.2, 0.25) is 0 Å². The number of fused-ring (bicyclic) bond motifs is 1. The van der Waals surface area contributed by atoms with Gasteiger partial charge in [-0.05, 0) is 37.6 Å². The Morgan fingerprint density at radius 1 is 1.30 bits per heavy atom. The van der Waals surface area contributed by atoms with E-state index in [1.807, 2.05) is 0 Å². The van der Waals surface area contributed by atoms with E-state index in [1.165, 1.54) is 6.07 Å². The summed E-state index contributed by atoms with van der Waals surface area (Å²) >= 11 is 0. The second-order valence-electron chi connectivity index (χ2n) is 5.03. The molecule has 1 aromatic carbocycles. The largest absolute Gasteiger partial charge is 0.416 e. The fourth-order valence-corrected chi connectivity index (χ4v) is 2.72. The first-order valence-electron chi connectivity index (χ1n) is 6.49. The minimum atomic E-state index is -4.40. The first-order valence-corrected chi connectivity index (χ1v) is 6.49. The molecule has 2 aromatic rings. The molecule has 3 rings (SSSR count). The van der Waals surface area contributed by atoms with Crippen LogP contribution in [-0.2, 0) is 6.18 Å². The molecule has 0 amide bonds. The van der Waals surface area contributed by atoms with Gasteiger partial charge in [-0.1, -0.05) is 0 Å². The zero-order valence-electron chi connectivity index (χ0n) is 10.6. The van der Waals surface area contributed by atoms with Gasteiger partial charge in [0, 0.05) is 6.54 Å². The van der Waals surface area contributed by atoms with Crippen LogP contribution in [0, 0.1) is 0 Å². The average molecular weight is 285 g/mol. The van der Waals surface area contributed by atoms with Gasteiger partial charge in [-0.3, -0.25) is 4.57 Å². The molecular formula is C13H14F3N3O. The molecule has 1 saturated heterocycles. The molecule has 4 nitrogen and oxygen atoms in total. The van der Waals surface area contributed by atoms with E-state index in [0.29, 0.717) is 12.1 Å².